The van der Waals surface area contributed by atoms with E-state index in [1.807, 2.05) is 0 Å². The number of amides is 1. The van der Waals surface area contributed by atoms with Gasteiger partial charge in [-0.3, -0.25) is 9.69 Å². The van der Waals surface area contributed by atoms with E-state index >= 15 is 0 Å². The van der Waals surface area contributed by atoms with Crippen molar-refractivity contribution in [2.24, 2.45) is 0 Å². The lowest BCUT2D eigenvalue weighted by atomic mass is 10.1. The Bertz CT molecular complexity index is 773. The van der Waals surface area contributed by atoms with Crippen LogP contribution < -0.4 is 0 Å². The van der Waals surface area contributed by atoms with Crippen molar-refractivity contribution in [1.29, 1.82) is 0 Å². The Morgan fingerprint density at radius 3 is 2.80 bits per heavy atom. The van der Waals surface area contributed by atoms with Gasteiger partial charge in [0.25, 0.3) is 5.91 Å². The van der Waals surface area contributed by atoms with Gasteiger partial charge < -0.3 is 4.90 Å². The quantitative estimate of drug-likeness (QED) is 0.845. The van der Waals surface area contributed by atoms with E-state index in [9.17, 15) is 13.6 Å². The molecule has 1 aromatic heterocycles. The molecule has 132 valence electrons. The molecule has 3 heterocycles. The van der Waals surface area contributed by atoms with Gasteiger partial charge >= 0.3 is 0 Å². The molecule has 0 radical (unpaired) electrons. The predicted octanol–water partition coefficient (Wildman–Crippen LogP) is 1.52. The maximum Gasteiger partial charge on any atom is 0.276 e. The van der Waals surface area contributed by atoms with Gasteiger partial charge in [0.1, 0.15) is 11.6 Å². The number of aromatic nitrogens is 3. The molecule has 2 aliphatic rings. The van der Waals surface area contributed by atoms with E-state index in [0.29, 0.717) is 19.1 Å². The highest BCUT2D eigenvalue weighted by Gasteiger charge is 2.33. The van der Waals surface area contributed by atoms with E-state index in [1.54, 1.807) is 4.90 Å². The average Bonchev–Trinajstić information content (AvgIpc) is 3.26. The van der Waals surface area contributed by atoms with Crippen LogP contribution in [-0.4, -0.2) is 62.9 Å². The van der Waals surface area contributed by atoms with Crippen molar-refractivity contribution in [1.82, 2.24) is 24.8 Å². The highest BCUT2D eigenvalue weighted by Crippen LogP contribution is 2.22. The minimum Gasteiger partial charge on any atom is -0.334 e. The number of fused-ring (bicyclic) bond motifs is 1. The van der Waals surface area contributed by atoms with Gasteiger partial charge in [-0.05, 0) is 31.5 Å². The molecule has 0 aliphatic carbocycles. The fourth-order valence-electron chi connectivity index (χ4n) is 3.66. The number of halogens is 2. The monoisotopic (exact) mass is 347 g/mol. The zero-order chi connectivity index (χ0) is 17.4. The molecule has 0 N–H and O–H groups in total. The SMILES string of the molecule is O=C(c1cn(Cc2c(F)cccc2F)nn1)N1CCN2CCC[C@H]2C1. The Labute approximate surface area is 144 Å². The van der Waals surface area contributed by atoms with E-state index in [-0.39, 0.29) is 23.7 Å². The van der Waals surface area contributed by atoms with Crippen LogP contribution in [0.15, 0.2) is 24.4 Å². The number of carbonyl (C=O) groups excluding carboxylic acids is 1. The van der Waals surface area contributed by atoms with Crippen LogP contribution in [0, 0.1) is 11.6 Å². The molecule has 2 fully saturated rings. The van der Waals surface area contributed by atoms with Crippen molar-refractivity contribution in [2.45, 2.75) is 25.4 Å². The molecule has 2 saturated heterocycles. The van der Waals surface area contributed by atoms with Gasteiger partial charge in [-0.25, -0.2) is 13.5 Å². The van der Waals surface area contributed by atoms with Crippen molar-refractivity contribution in [3.05, 3.63) is 47.3 Å². The van der Waals surface area contributed by atoms with Gasteiger partial charge in [0, 0.05) is 31.2 Å². The van der Waals surface area contributed by atoms with E-state index in [1.165, 1.54) is 35.5 Å². The molecular weight excluding hydrogens is 328 g/mol. The average molecular weight is 347 g/mol. The van der Waals surface area contributed by atoms with E-state index in [4.69, 9.17) is 0 Å². The molecule has 0 saturated carbocycles. The summed E-state index contributed by atoms with van der Waals surface area (Å²) in [6.07, 6.45) is 3.75. The lowest BCUT2D eigenvalue weighted by Crippen LogP contribution is -2.52. The summed E-state index contributed by atoms with van der Waals surface area (Å²) in [4.78, 5) is 16.8. The minimum atomic E-state index is -0.638. The summed E-state index contributed by atoms with van der Waals surface area (Å²) in [6, 6.07) is 4.14. The Hall–Kier alpha value is -2.35. The first-order valence-corrected chi connectivity index (χ1v) is 8.48. The molecule has 2 aromatic rings. The first-order valence-electron chi connectivity index (χ1n) is 8.48. The highest BCUT2D eigenvalue weighted by atomic mass is 19.1. The largest absolute Gasteiger partial charge is 0.334 e. The number of piperazine rings is 1. The van der Waals surface area contributed by atoms with Gasteiger partial charge in [0.15, 0.2) is 5.69 Å². The maximum absolute atomic E-state index is 13.7. The predicted molar refractivity (Wildman–Crippen MR) is 86.0 cm³/mol. The molecule has 0 spiro atoms. The van der Waals surface area contributed by atoms with Crippen molar-refractivity contribution >= 4 is 5.91 Å². The summed E-state index contributed by atoms with van der Waals surface area (Å²) in [6.45, 7) is 3.26. The lowest BCUT2D eigenvalue weighted by molar-refractivity contribution is 0.0565. The third kappa shape index (κ3) is 3.13. The van der Waals surface area contributed by atoms with E-state index in [0.717, 1.165) is 19.5 Å². The second-order valence-electron chi connectivity index (χ2n) is 6.58. The second-order valence-corrected chi connectivity index (χ2v) is 6.58. The Kier molecular flexibility index (Phi) is 4.20. The molecule has 1 amide bonds. The summed E-state index contributed by atoms with van der Waals surface area (Å²) in [5.74, 6) is -1.45. The summed E-state index contributed by atoms with van der Waals surface area (Å²) in [7, 11) is 0. The van der Waals surface area contributed by atoms with Crippen molar-refractivity contribution < 1.29 is 13.6 Å². The first kappa shape index (κ1) is 16.1. The van der Waals surface area contributed by atoms with Gasteiger partial charge in [0.2, 0.25) is 0 Å². The number of hydrogen-bond donors (Lipinski definition) is 0. The standard InChI is InChI=1S/C17H19F2N5O/c18-14-4-1-5-15(19)13(14)10-24-11-16(20-21-24)17(25)23-8-7-22-6-2-3-12(22)9-23/h1,4-5,11-12H,2-3,6-10H2/t12-/m0/s1. The molecule has 8 heteroatoms. The van der Waals surface area contributed by atoms with E-state index in [2.05, 4.69) is 15.2 Å². The summed E-state index contributed by atoms with van der Waals surface area (Å²) in [5.41, 5.74) is 0.120. The molecular formula is C17H19F2N5O. The number of hydrogen-bond acceptors (Lipinski definition) is 4. The first-order chi connectivity index (χ1) is 12.1. The molecule has 2 aliphatic heterocycles. The molecule has 0 bridgehead atoms. The van der Waals surface area contributed by atoms with Gasteiger partial charge in [0.05, 0.1) is 12.7 Å². The molecule has 1 atom stereocenters. The van der Waals surface area contributed by atoms with Gasteiger partial charge in [-0.2, -0.15) is 0 Å². The van der Waals surface area contributed by atoms with Crippen LogP contribution in [0.1, 0.15) is 28.9 Å². The maximum atomic E-state index is 13.7. The lowest BCUT2D eigenvalue weighted by Gasteiger charge is -2.37. The van der Waals surface area contributed by atoms with Gasteiger partial charge in [-0.15, -0.1) is 5.10 Å². The molecule has 25 heavy (non-hydrogen) atoms. The summed E-state index contributed by atoms with van der Waals surface area (Å²) >= 11 is 0. The smallest absolute Gasteiger partial charge is 0.276 e. The normalized spacial score (nSPS) is 20.7. The summed E-state index contributed by atoms with van der Waals surface area (Å²) < 4.78 is 28.8. The Balaban J connectivity index is 1.46. The Morgan fingerprint density at radius 2 is 2.00 bits per heavy atom. The van der Waals surface area contributed by atoms with E-state index < -0.39 is 11.6 Å². The minimum absolute atomic E-state index is 0.0917. The second kappa shape index (κ2) is 6.51. The van der Waals surface area contributed by atoms with Crippen LogP contribution in [0.5, 0.6) is 0 Å². The Morgan fingerprint density at radius 1 is 1.20 bits per heavy atom. The van der Waals surface area contributed by atoms with Crippen LogP contribution in [-0.2, 0) is 6.54 Å². The van der Waals surface area contributed by atoms with Crippen LogP contribution in [0.25, 0.3) is 0 Å². The third-order valence-electron chi connectivity index (χ3n) is 5.01. The van der Waals surface area contributed by atoms with Crippen molar-refractivity contribution in [3.8, 4) is 0 Å². The molecule has 0 unspecified atom stereocenters. The number of benzene rings is 1. The fraction of sp³-hybridized carbons (Fsp3) is 0.471. The van der Waals surface area contributed by atoms with Crippen LogP contribution in [0.4, 0.5) is 8.78 Å². The van der Waals surface area contributed by atoms with Crippen LogP contribution >= 0.6 is 0 Å². The zero-order valence-electron chi connectivity index (χ0n) is 13.7. The number of rotatable bonds is 3. The molecule has 6 nitrogen and oxygen atoms in total. The topological polar surface area (TPSA) is 54.3 Å². The number of carbonyl (C=O) groups is 1. The van der Waals surface area contributed by atoms with Crippen LogP contribution in [0.3, 0.4) is 0 Å². The number of nitrogens with zero attached hydrogens (tertiary/aromatic N) is 5. The fourth-order valence-corrected chi connectivity index (χ4v) is 3.66. The van der Waals surface area contributed by atoms with Crippen LogP contribution in [0.2, 0.25) is 0 Å². The molecule has 1 aromatic carbocycles. The van der Waals surface area contributed by atoms with Gasteiger partial charge in [-0.1, -0.05) is 11.3 Å². The van der Waals surface area contributed by atoms with Crippen molar-refractivity contribution in [3.63, 3.8) is 0 Å². The third-order valence-corrected chi connectivity index (χ3v) is 5.01. The zero-order valence-corrected chi connectivity index (χ0v) is 13.7. The molecule has 4 rings (SSSR count). The highest BCUT2D eigenvalue weighted by molar-refractivity contribution is 5.92. The van der Waals surface area contributed by atoms with Crippen molar-refractivity contribution in [2.75, 3.05) is 26.2 Å². The summed E-state index contributed by atoms with van der Waals surface area (Å²) in [5, 5.41) is 7.75.